The van der Waals surface area contributed by atoms with E-state index in [1.165, 1.54) is 12.1 Å². The Balaban J connectivity index is 2.22. The van der Waals surface area contributed by atoms with Crippen LogP contribution in [0.2, 0.25) is 5.02 Å². The lowest BCUT2D eigenvalue weighted by atomic mass is 10.1. The van der Waals surface area contributed by atoms with Crippen molar-refractivity contribution in [3.8, 4) is 5.75 Å². The van der Waals surface area contributed by atoms with E-state index in [2.05, 4.69) is 0 Å². The Morgan fingerprint density at radius 2 is 1.95 bits per heavy atom. The van der Waals surface area contributed by atoms with Crippen molar-refractivity contribution in [1.82, 2.24) is 0 Å². The largest absolute Gasteiger partial charge is 0.488 e. The molecule has 2 aromatic carbocycles. The van der Waals surface area contributed by atoms with Gasteiger partial charge in [0.15, 0.2) is 0 Å². The molecule has 0 bridgehead atoms. The van der Waals surface area contributed by atoms with Crippen LogP contribution in [0.1, 0.15) is 18.1 Å². The molecule has 0 aliphatic carbocycles. The smallest absolute Gasteiger partial charge is 0.276 e. The monoisotopic (exact) mass is 291 g/mol. The molecule has 0 aliphatic rings. The number of para-hydroxylation sites is 1. The quantitative estimate of drug-likeness (QED) is 0.606. The lowest BCUT2D eigenvalue weighted by Crippen LogP contribution is -2.02. The van der Waals surface area contributed by atoms with Gasteiger partial charge in [0.1, 0.15) is 12.4 Å². The van der Waals surface area contributed by atoms with Crippen molar-refractivity contribution in [3.05, 3.63) is 68.7 Å². The average molecular weight is 292 g/mol. The molecule has 0 radical (unpaired) electrons. The first kappa shape index (κ1) is 14.3. The molecule has 2 rings (SSSR count). The number of nitrogens with zero attached hydrogens (tertiary/aromatic N) is 1. The molecule has 0 unspecified atom stereocenters. The standard InChI is InChI=1S/C15H14ClNO3/c1-2-11-5-3-4-6-15(11)20-10-12-9-13(16)7-8-14(12)17(18)19/h3-9H,2,10H2,1H3. The minimum absolute atomic E-state index is 0.0170. The summed E-state index contributed by atoms with van der Waals surface area (Å²) in [6.45, 7) is 2.15. The third kappa shape index (κ3) is 3.27. The number of rotatable bonds is 5. The molecule has 0 aliphatic heterocycles. The number of benzene rings is 2. The molecule has 104 valence electrons. The zero-order valence-corrected chi connectivity index (χ0v) is 11.8. The van der Waals surface area contributed by atoms with Crippen molar-refractivity contribution in [2.45, 2.75) is 20.0 Å². The van der Waals surface area contributed by atoms with Crippen LogP contribution in [0.4, 0.5) is 5.69 Å². The first-order chi connectivity index (χ1) is 9.61. The molecule has 2 aromatic rings. The Hall–Kier alpha value is -2.07. The number of nitro benzene ring substituents is 1. The van der Waals surface area contributed by atoms with E-state index in [9.17, 15) is 10.1 Å². The van der Waals surface area contributed by atoms with Gasteiger partial charge in [0, 0.05) is 11.1 Å². The average Bonchev–Trinajstić information content (AvgIpc) is 2.45. The van der Waals surface area contributed by atoms with Crippen LogP contribution in [0, 0.1) is 10.1 Å². The highest BCUT2D eigenvalue weighted by molar-refractivity contribution is 6.30. The van der Waals surface area contributed by atoms with Crippen molar-refractivity contribution in [2.24, 2.45) is 0 Å². The minimum Gasteiger partial charge on any atom is -0.488 e. The van der Waals surface area contributed by atoms with Gasteiger partial charge in [-0.25, -0.2) is 0 Å². The Bertz CT molecular complexity index is 628. The van der Waals surface area contributed by atoms with E-state index < -0.39 is 4.92 Å². The lowest BCUT2D eigenvalue weighted by molar-refractivity contribution is -0.385. The third-order valence-corrected chi connectivity index (χ3v) is 3.21. The van der Waals surface area contributed by atoms with E-state index in [1.807, 2.05) is 31.2 Å². The summed E-state index contributed by atoms with van der Waals surface area (Å²) in [5.41, 5.74) is 1.55. The first-order valence-corrected chi connectivity index (χ1v) is 6.63. The molecule has 0 saturated carbocycles. The van der Waals surface area contributed by atoms with E-state index >= 15 is 0 Å². The van der Waals surface area contributed by atoms with E-state index in [0.717, 1.165) is 17.7 Å². The highest BCUT2D eigenvalue weighted by Crippen LogP contribution is 2.25. The summed E-state index contributed by atoms with van der Waals surface area (Å²) < 4.78 is 5.70. The molecule has 0 heterocycles. The molecule has 0 fully saturated rings. The van der Waals surface area contributed by atoms with E-state index in [0.29, 0.717) is 10.6 Å². The van der Waals surface area contributed by atoms with Crippen LogP contribution in [-0.2, 0) is 13.0 Å². The summed E-state index contributed by atoms with van der Waals surface area (Å²) in [4.78, 5) is 10.5. The van der Waals surface area contributed by atoms with Crippen LogP contribution < -0.4 is 4.74 Å². The Labute approximate surface area is 122 Å². The molecule has 0 saturated heterocycles. The van der Waals surface area contributed by atoms with Crippen molar-refractivity contribution < 1.29 is 9.66 Å². The van der Waals surface area contributed by atoms with E-state index in [1.54, 1.807) is 6.07 Å². The van der Waals surface area contributed by atoms with Gasteiger partial charge in [-0.2, -0.15) is 0 Å². The lowest BCUT2D eigenvalue weighted by Gasteiger charge is -2.10. The van der Waals surface area contributed by atoms with Gasteiger partial charge in [-0.15, -0.1) is 0 Å². The van der Waals surface area contributed by atoms with Gasteiger partial charge >= 0.3 is 0 Å². The maximum absolute atomic E-state index is 11.0. The van der Waals surface area contributed by atoms with Gasteiger partial charge in [0.25, 0.3) is 5.69 Å². The third-order valence-electron chi connectivity index (χ3n) is 2.97. The van der Waals surface area contributed by atoms with Crippen molar-refractivity contribution in [2.75, 3.05) is 0 Å². The molecular formula is C15H14ClNO3. The fourth-order valence-corrected chi connectivity index (χ4v) is 2.13. The minimum atomic E-state index is -0.430. The number of aryl methyl sites for hydroxylation is 1. The molecule has 0 atom stereocenters. The van der Waals surface area contributed by atoms with Gasteiger partial charge in [0.2, 0.25) is 0 Å². The summed E-state index contributed by atoms with van der Waals surface area (Å²) in [6.07, 6.45) is 0.841. The van der Waals surface area contributed by atoms with Gasteiger partial charge in [0.05, 0.1) is 10.5 Å². The first-order valence-electron chi connectivity index (χ1n) is 6.25. The van der Waals surface area contributed by atoms with Crippen LogP contribution in [0.5, 0.6) is 5.75 Å². The maximum atomic E-state index is 11.0. The molecular weight excluding hydrogens is 278 g/mol. The number of hydrogen-bond donors (Lipinski definition) is 0. The predicted molar refractivity (Wildman–Crippen MR) is 78.3 cm³/mol. The summed E-state index contributed by atoms with van der Waals surface area (Å²) >= 11 is 5.88. The van der Waals surface area contributed by atoms with Gasteiger partial charge in [-0.1, -0.05) is 36.7 Å². The molecule has 0 N–H and O–H groups in total. The summed E-state index contributed by atoms with van der Waals surface area (Å²) in [6, 6.07) is 12.1. The van der Waals surface area contributed by atoms with Crippen LogP contribution in [0.3, 0.4) is 0 Å². The SMILES string of the molecule is CCc1ccccc1OCc1cc(Cl)ccc1[N+](=O)[O-]. The van der Waals surface area contributed by atoms with Crippen molar-refractivity contribution in [1.29, 1.82) is 0 Å². The summed E-state index contributed by atoms with van der Waals surface area (Å²) in [5.74, 6) is 0.740. The molecule has 4 nitrogen and oxygen atoms in total. The van der Waals surface area contributed by atoms with Crippen LogP contribution in [0.15, 0.2) is 42.5 Å². The second-order valence-electron chi connectivity index (χ2n) is 4.28. The topological polar surface area (TPSA) is 52.4 Å². The predicted octanol–water partition coefficient (Wildman–Crippen LogP) is 4.39. The molecule has 20 heavy (non-hydrogen) atoms. The highest BCUT2D eigenvalue weighted by atomic mass is 35.5. The summed E-state index contributed by atoms with van der Waals surface area (Å²) in [5, 5.41) is 11.4. The van der Waals surface area contributed by atoms with Gasteiger partial charge in [-0.3, -0.25) is 10.1 Å². The fourth-order valence-electron chi connectivity index (χ4n) is 1.94. The zero-order chi connectivity index (χ0) is 14.5. The van der Waals surface area contributed by atoms with E-state index in [-0.39, 0.29) is 12.3 Å². The van der Waals surface area contributed by atoms with Crippen molar-refractivity contribution >= 4 is 17.3 Å². The fraction of sp³-hybridized carbons (Fsp3) is 0.200. The number of halogens is 1. The number of hydrogen-bond acceptors (Lipinski definition) is 3. The number of nitro groups is 1. The molecule has 0 amide bonds. The number of ether oxygens (including phenoxy) is 1. The zero-order valence-electron chi connectivity index (χ0n) is 11.0. The normalized spacial score (nSPS) is 10.3. The van der Waals surface area contributed by atoms with Crippen LogP contribution in [-0.4, -0.2) is 4.92 Å². The molecule has 5 heteroatoms. The second-order valence-corrected chi connectivity index (χ2v) is 4.72. The van der Waals surface area contributed by atoms with E-state index in [4.69, 9.17) is 16.3 Å². The van der Waals surface area contributed by atoms with Crippen molar-refractivity contribution in [3.63, 3.8) is 0 Å². The Morgan fingerprint density at radius 3 is 2.65 bits per heavy atom. The van der Waals surface area contributed by atoms with Gasteiger partial charge < -0.3 is 4.74 Å². The van der Waals surface area contributed by atoms with Crippen LogP contribution in [0.25, 0.3) is 0 Å². The molecule has 0 spiro atoms. The maximum Gasteiger partial charge on any atom is 0.276 e. The van der Waals surface area contributed by atoms with Crippen LogP contribution >= 0.6 is 11.6 Å². The Kier molecular flexibility index (Phi) is 4.58. The Morgan fingerprint density at radius 1 is 1.20 bits per heavy atom. The highest BCUT2D eigenvalue weighted by Gasteiger charge is 2.14. The summed E-state index contributed by atoms with van der Waals surface area (Å²) in [7, 11) is 0. The second kappa shape index (κ2) is 6.39. The van der Waals surface area contributed by atoms with Gasteiger partial charge in [-0.05, 0) is 30.2 Å². The molecule has 0 aromatic heterocycles.